The Hall–Kier alpha value is -2.34. The van der Waals surface area contributed by atoms with Gasteiger partial charge in [-0.3, -0.25) is 0 Å². The molecular weight excluding hydrogens is 240 g/mol. The molecule has 0 fully saturated rings. The second kappa shape index (κ2) is 3.61. The minimum atomic E-state index is 1.08. The SMILES string of the molecule is c1ccc2c(c1)Cc1ccc3c(c1-2)-c1ccccc1C3. The van der Waals surface area contributed by atoms with Crippen molar-refractivity contribution in [3.8, 4) is 22.3 Å². The third-order valence-corrected chi connectivity index (χ3v) is 4.71. The molecule has 0 saturated carbocycles. The highest BCUT2D eigenvalue weighted by molar-refractivity contribution is 5.95. The summed E-state index contributed by atoms with van der Waals surface area (Å²) in [5.41, 5.74) is 11.8. The molecule has 2 aliphatic carbocycles. The van der Waals surface area contributed by atoms with Crippen molar-refractivity contribution in [3.63, 3.8) is 0 Å². The average Bonchev–Trinajstić information content (AvgIpc) is 3.04. The van der Waals surface area contributed by atoms with Gasteiger partial charge in [0.2, 0.25) is 0 Å². The predicted molar refractivity (Wildman–Crippen MR) is 82.9 cm³/mol. The highest BCUT2D eigenvalue weighted by Gasteiger charge is 2.27. The zero-order chi connectivity index (χ0) is 13.1. The topological polar surface area (TPSA) is 0 Å². The van der Waals surface area contributed by atoms with E-state index >= 15 is 0 Å². The summed E-state index contributed by atoms with van der Waals surface area (Å²) in [5, 5.41) is 0. The van der Waals surface area contributed by atoms with Crippen molar-refractivity contribution in [3.05, 3.63) is 82.9 Å². The molecule has 0 heteroatoms. The van der Waals surface area contributed by atoms with Gasteiger partial charge in [-0.05, 0) is 57.3 Å². The van der Waals surface area contributed by atoms with Crippen LogP contribution in [0.25, 0.3) is 22.3 Å². The Labute approximate surface area is 118 Å². The molecule has 0 heterocycles. The van der Waals surface area contributed by atoms with E-state index in [1.54, 1.807) is 0 Å². The molecule has 0 spiro atoms. The fourth-order valence-electron chi connectivity index (χ4n) is 3.85. The van der Waals surface area contributed by atoms with E-state index < -0.39 is 0 Å². The van der Waals surface area contributed by atoms with Gasteiger partial charge in [-0.25, -0.2) is 0 Å². The molecule has 0 saturated heterocycles. The van der Waals surface area contributed by atoms with Crippen molar-refractivity contribution in [2.24, 2.45) is 0 Å². The molecule has 3 aromatic carbocycles. The normalized spacial score (nSPS) is 13.6. The Bertz CT molecular complexity index is 783. The molecule has 0 nitrogen and oxygen atoms in total. The number of fused-ring (bicyclic) bond motifs is 7. The third kappa shape index (κ3) is 1.21. The van der Waals surface area contributed by atoms with Crippen LogP contribution < -0.4 is 0 Å². The Kier molecular flexibility index (Phi) is 1.88. The van der Waals surface area contributed by atoms with Gasteiger partial charge in [-0.2, -0.15) is 0 Å². The lowest BCUT2D eigenvalue weighted by Gasteiger charge is -2.10. The molecule has 0 bridgehead atoms. The lowest BCUT2D eigenvalue weighted by molar-refractivity contribution is 1.23. The first-order valence-corrected chi connectivity index (χ1v) is 7.23. The fraction of sp³-hybridized carbons (Fsp3) is 0.100. The van der Waals surface area contributed by atoms with Crippen molar-refractivity contribution < 1.29 is 0 Å². The number of hydrogen-bond donors (Lipinski definition) is 0. The third-order valence-electron chi connectivity index (χ3n) is 4.71. The number of rotatable bonds is 0. The van der Waals surface area contributed by atoms with Gasteiger partial charge in [-0.15, -0.1) is 0 Å². The predicted octanol–water partition coefficient (Wildman–Crippen LogP) is 4.83. The van der Waals surface area contributed by atoms with E-state index in [2.05, 4.69) is 60.7 Å². The first kappa shape index (κ1) is 10.4. The molecule has 0 N–H and O–H groups in total. The van der Waals surface area contributed by atoms with Crippen LogP contribution in [0.5, 0.6) is 0 Å². The van der Waals surface area contributed by atoms with Crippen LogP contribution in [0.3, 0.4) is 0 Å². The highest BCUT2D eigenvalue weighted by atomic mass is 14.3. The van der Waals surface area contributed by atoms with Crippen LogP contribution in [0.4, 0.5) is 0 Å². The minimum Gasteiger partial charge on any atom is -0.0619 e. The van der Waals surface area contributed by atoms with Crippen LogP contribution in [-0.4, -0.2) is 0 Å². The standard InChI is InChI=1S/C20H14/c1-3-7-17-13(5-1)11-15-9-10-16-12-14-6-2-4-8-18(14)20(16)19(15)17/h1-10H,11-12H2. The minimum absolute atomic E-state index is 1.08. The van der Waals surface area contributed by atoms with Crippen LogP contribution >= 0.6 is 0 Å². The van der Waals surface area contributed by atoms with Gasteiger partial charge in [0, 0.05) is 0 Å². The first-order chi connectivity index (χ1) is 9.92. The van der Waals surface area contributed by atoms with Gasteiger partial charge in [0.05, 0.1) is 0 Å². The Balaban J connectivity index is 1.89. The molecule has 20 heavy (non-hydrogen) atoms. The summed E-state index contributed by atoms with van der Waals surface area (Å²) in [7, 11) is 0. The maximum absolute atomic E-state index is 2.33. The van der Waals surface area contributed by atoms with Crippen molar-refractivity contribution in [2.45, 2.75) is 12.8 Å². The van der Waals surface area contributed by atoms with Gasteiger partial charge >= 0.3 is 0 Å². The summed E-state index contributed by atoms with van der Waals surface area (Å²) in [4.78, 5) is 0. The summed E-state index contributed by atoms with van der Waals surface area (Å²) >= 11 is 0. The maximum Gasteiger partial charge on any atom is -0.00132 e. The summed E-state index contributed by atoms with van der Waals surface area (Å²) in [6.45, 7) is 0. The van der Waals surface area contributed by atoms with Gasteiger partial charge in [0.15, 0.2) is 0 Å². The molecule has 2 aliphatic rings. The van der Waals surface area contributed by atoms with E-state index in [-0.39, 0.29) is 0 Å². The fourth-order valence-corrected chi connectivity index (χ4v) is 3.85. The summed E-state index contributed by atoms with van der Waals surface area (Å²) < 4.78 is 0. The summed E-state index contributed by atoms with van der Waals surface area (Å²) in [6, 6.07) is 22.4. The molecule has 0 amide bonds. The lowest BCUT2D eigenvalue weighted by atomic mass is 9.94. The second-order valence-corrected chi connectivity index (χ2v) is 5.80. The van der Waals surface area contributed by atoms with Crippen LogP contribution in [0.2, 0.25) is 0 Å². The second-order valence-electron chi connectivity index (χ2n) is 5.80. The molecule has 94 valence electrons. The monoisotopic (exact) mass is 254 g/mol. The summed E-state index contributed by atoms with van der Waals surface area (Å²) in [5.74, 6) is 0. The van der Waals surface area contributed by atoms with Crippen LogP contribution in [0, 0.1) is 0 Å². The smallest absolute Gasteiger partial charge is 0.00132 e. The maximum atomic E-state index is 2.33. The largest absolute Gasteiger partial charge is 0.0619 e. The van der Waals surface area contributed by atoms with Crippen LogP contribution in [-0.2, 0) is 12.8 Å². The molecular formula is C20H14. The van der Waals surface area contributed by atoms with Crippen molar-refractivity contribution in [1.82, 2.24) is 0 Å². The Morgan fingerprint density at radius 1 is 0.450 bits per heavy atom. The van der Waals surface area contributed by atoms with Crippen molar-refractivity contribution in [2.75, 3.05) is 0 Å². The molecule has 0 radical (unpaired) electrons. The summed E-state index contributed by atoms with van der Waals surface area (Å²) in [6.07, 6.45) is 2.17. The van der Waals surface area contributed by atoms with Gasteiger partial charge in [0.1, 0.15) is 0 Å². The van der Waals surface area contributed by atoms with E-state index in [0.29, 0.717) is 0 Å². The highest BCUT2D eigenvalue weighted by Crippen LogP contribution is 2.48. The van der Waals surface area contributed by atoms with E-state index in [9.17, 15) is 0 Å². The van der Waals surface area contributed by atoms with Crippen LogP contribution in [0.15, 0.2) is 60.7 Å². The molecule has 0 aromatic heterocycles. The van der Waals surface area contributed by atoms with E-state index in [1.807, 2.05) is 0 Å². The number of hydrogen-bond acceptors (Lipinski definition) is 0. The molecule has 0 atom stereocenters. The van der Waals surface area contributed by atoms with E-state index in [1.165, 1.54) is 44.5 Å². The van der Waals surface area contributed by atoms with Crippen molar-refractivity contribution in [1.29, 1.82) is 0 Å². The molecule has 0 aliphatic heterocycles. The molecule has 5 rings (SSSR count). The quantitative estimate of drug-likeness (QED) is 0.371. The Morgan fingerprint density at radius 3 is 1.40 bits per heavy atom. The van der Waals surface area contributed by atoms with Gasteiger partial charge in [-0.1, -0.05) is 60.7 Å². The zero-order valence-electron chi connectivity index (χ0n) is 11.2. The van der Waals surface area contributed by atoms with Gasteiger partial charge in [0.25, 0.3) is 0 Å². The first-order valence-electron chi connectivity index (χ1n) is 7.23. The number of benzene rings is 3. The molecule has 3 aromatic rings. The van der Waals surface area contributed by atoms with Crippen LogP contribution in [0.1, 0.15) is 22.3 Å². The van der Waals surface area contributed by atoms with E-state index in [4.69, 9.17) is 0 Å². The van der Waals surface area contributed by atoms with E-state index in [0.717, 1.165) is 12.8 Å². The average molecular weight is 254 g/mol. The molecule has 0 unspecified atom stereocenters. The van der Waals surface area contributed by atoms with Crippen molar-refractivity contribution >= 4 is 0 Å². The van der Waals surface area contributed by atoms with Gasteiger partial charge < -0.3 is 0 Å². The lowest BCUT2D eigenvalue weighted by Crippen LogP contribution is -1.86. The Morgan fingerprint density at radius 2 is 0.900 bits per heavy atom. The zero-order valence-corrected chi connectivity index (χ0v) is 11.2.